The number of ether oxygens (including phenoxy) is 1. The van der Waals surface area contributed by atoms with Gasteiger partial charge in [0.2, 0.25) is 11.2 Å². The molecule has 3 aromatic rings. The van der Waals surface area contributed by atoms with E-state index in [1.54, 1.807) is 13.0 Å². The number of carbonyl (C=O) groups is 1. The first-order valence-electron chi connectivity index (χ1n) is 6.71. The SMILES string of the molecule is Cc1cc(=O)c(OCC(=O)Nc2ccc3[nH]ccc3c2)co1. The minimum Gasteiger partial charge on any atom is -0.477 e. The summed E-state index contributed by atoms with van der Waals surface area (Å²) in [6.45, 7) is 1.40. The number of nitrogens with one attached hydrogen (secondary N) is 2. The molecule has 0 bridgehead atoms. The average Bonchev–Trinajstić information content (AvgIpc) is 2.94. The molecule has 2 N–H and O–H groups in total. The molecule has 0 fully saturated rings. The van der Waals surface area contributed by atoms with Gasteiger partial charge in [-0.15, -0.1) is 0 Å². The highest BCUT2D eigenvalue weighted by Crippen LogP contribution is 2.17. The van der Waals surface area contributed by atoms with E-state index >= 15 is 0 Å². The first-order chi connectivity index (χ1) is 10.6. The van der Waals surface area contributed by atoms with Crippen LogP contribution in [0.15, 0.2) is 52.0 Å². The van der Waals surface area contributed by atoms with E-state index in [0.717, 1.165) is 10.9 Å². The molecule has 0 aliphatic carbocycles. The first-order valence-corrected chi connectivity index (χ1v) is 6.71. The Morgan fingerprint density at radius 1 is 1.32 bits per heavy atom. The van der Waals surface area contributed by atoms with E-state index in [9.17, 15) is 9.59 Å². The molecule has 112 valence electrons. The van der Waals surface area contributed by atoms with Gasteiger partial charge in [0.25, 0.3) is 5.91 Å². The molecule has 6 nitrogen and oxygen atoms in total. The summed E-state index contributed by atoms with van der Waals surface area (Å²) in [6, 6.07) is 8.74. The maximum absolute atomic E-state index is 11.9. The van der Waals surface area contributed by atoms with Crippen LogP contribution in [-0.4, -0.2) is 17.5 Å². The lowest BCUT2D eigenvalue weighted by molar-refractivity contribution is -0.118. The van der Waals surface area contributed by atoms with Crippen LogP contribution in [0.1, 0.15) is 5.76 Å². The zero-order valence-electron chi connectivity index (χ0n) is 11.9. The second-order valence-electron chi connectivity index (χ2n) is 4.84. The molecule has 0 atom stereocenters. The van der Waals surface area contributed by atoms with Gasteiger partial charge >= 0.3 is 0 Å². The zero-order chi connectivity index (χ0) is 15.5. The van der Waals surface area contributed by atoms with Crippen molar-refractivity contribution >= 4 is 22.5 Å². The third-order valence-corrected chi connectivity index (χ3v) is 3.12. The Bertz CT molecular complexity index is 879. The summed E-state index contributed by atoms with van der Waals surface area (Å²) < 4.78 is 10.2. The second-order valence-corrected chi connectivity index (χ2v) is 4.84. The van der Waals surface area contributed by atoms with Crippen LogP contribution in [0.25, 0.3) is 10.9 Å². The number of hydrogen-bond acceptors (Lipinski definition) is 4. The fraction of sp³-hybridized carbons (Fsp3) is 0.125. The monoisotopic (exact) mass is 298 g/mol. The van der Waals surface area contributed by atoms with Gasteiger partial charge in [-0.25, -0.2) is 0 Å². The van der Waals surface area contributed by atoms with Crippen molar-refractivity contribution < 1.29 is 13.9 Å². The Labute approximate surface area is 125 Å². The predicted octanol–water partition coefficient (Wildman–Crippen LogP) is 2.45. The van der Waals surface area contributed by atoms with Crippen LogP contribution in [0.5, 0.6) is 5.75 Å². The van der Waals surface area contributed by atoms with Crippen molar-refractivity contribution in [3.63, 3.8) is 0 Å². The lowest BCUT2D eigenvalue weighted by atomic mass is 10.2. The summed E-state index contributed by atoms with van der Waals surface area (Å²) in [7, 11) is 0. The van der Waals surface area contributed by atoms with Gasteiger partial charge in [-0.05, 0) is 31.2 Å². The van der Waals surface area contributed by atoms with E-state index in [4.69, 9.17) is 9.15 Å². The number of hydrogen-bond donors (Lipinski definition) is 2. The van der Waals surface area contributed by atoms with E-state index in [-0.39, 0.29) is 23.7 Å². The molecule has 1 amide bonds. The predicted molar refractivity (Wildman–Crippen MR) is 82.1 cm³/mol. The number of amides is 1. The Morgan fingerprint density at radius 3 is 3.00 bits per heavy atom. The second kappa shape index (κ2) is 5.77. The standard InChI is InChI=1S/C16H14N2O4/c1-10-6-14(19)15(8-21-10)22-9-16(20)18-12-2-3-13-11(7-12)4-5-17-13/h2-8,17H,9H2,1H3,(H,18,20). The lowest BCUT2D eigenvalue weighted by Crippen LogP contribution is -2.22. The van der Waals surface area contributed by atoms with Gasteiger partial charge in [-0.3, -0.25) is 9.59 Å². The number of benzene rings is 1. The molecular formula is C16H14N2O4. The van der Waals surface area contributed by atoms with Gasteiger partial charge in [0.15, 0.2) is 6.61 Å². The molecule has 0 spiro atoms. The number of anilines is 1. The number of aromatic nitrogens is 1. The normalized spacial score (nSPS) is 10.6. The Balaban J connectivity index is 1.63. The first kappa shape index (κ1) is 13.9. The van der Waals surface area contributed by atoms with Gasteiger partial charge in [0.05, 0.1) is 0 Å². The van der Waals surface area contributed by atoms with Crippen LogP contribution in [0.4, 0.5) is 5.69 Å². The van der Waals surface area contributed by atoms with Gasteiger partial charge < -0.3 is 19.5 Å². The third-order valence-electron chi connectivity index (χ3n) is 3.12. The summed E-state index contributed by atoms with van der Waals surface area (Å²) in [6.07, 6.45) is 3.03. The molecule has 0 saturated carbocycles. The van der Waals surface area contributed by atoms with Crippen LogP contribution in [0.3, 0.4) is 0 Å². The zero-order valence-corrected chi connectivity index (χ0v) is 11.9. The van der Waals surface area contributed by atoms with Gasteiger partial charge in [-0.1, -0.05) is 0 Å². The number of aryl methyl sites for hydroxylation is 1. The van der Waals surface area contributed by atoms with E-state index in [1.807, 2.05) is 24.4 Å². The fourth-order valence-corrected chi connectivity index (χ4v) is 2.07. The highest BCUT2D eigenvalue weighted by Gasteiger charge is 2.07. The minimum absolute atomic E-state index is 0.0156. The van der Waals surface area contributed by atoms with Crippen molar-refractivity contribution in [1.82, 2.24) is 4.98 Å². The molecule has 0 radical (unpaired) electrons. The number of aromatic amines is 1. The molecule has 2 aromatic heterocycles. The average molecular weight is 298 g/mol. The summed E-state index contributed by atoms with van der Waals surface area (Å²) in [5.74, 6) is 0.151. The molecular weight excluding hydrogens is 284 g/mol. The summed E-state index contributed by atoms with van der Waals surface area (Å²) in [5.41, 5.74) is 1.34. The van der Waals surface area contributed by atoms with E-state index in [1.165, 1.54) is 12.3 Å². The van der Waals surface area contributed by atoms with Crippen molar-refractivity contribution in [2.24, 2.45) is 0 Å². The van der Waals surface area contributed by atoms with Crippen LogP contribution < -0.4 is 15.5 Å². The largest absolute Gasteiger partial charge is 0.477 e. The van der Waals surface area contributed by atoms with Gasteiger partial charge in [0, 0.05) is 28.9 Å². The number of fused-ring (bicyclic) bond motifs is 1. The highest BCUT2D eigenvalue weighted by atomic mass is 16.5. The number of H-pyrrole nitrogens is 1. The van der Waals surface area contributed by atoms with Gasteiger partial charge in [-0.2, -0.15) is 0 Å². The molecule has 0 aliphatic heterocycles. The quantitative estimate of drug-likeness (QED) is 0.775. The molecule has 3 rings (SSSR count). The molecule has 1 aromatic carbocycles. The van der Waals surface area contributed by atoms with Crippen LogP contribution in [0, 0.1) is 6.92 Å². The topological polar surface area (TPSA) is 84.3 Å². The number of carbonyl (C=O) groups excluding carboxylic acids is 1. The Kier molecular flexibility index (Phi) is 3.65. The Morgan fingerprint density at radius 2 is 2.18 bits per heavy atom. The smallest absolute Gasteiger partial charge is 0.262 e. The molecule has 0 unspecified atom stereocenters. The van der Waals surface area contributed by atoms with E-state index < -0.39 is 0 Å². The van der Waals surface area contributed by atoms with Crippen molar-refractivity contribution in [2.75, 3.05) is 11.9 Å². The van der Waals surface area contributed by atoms with Gasteiger partial charge in [0.1, 0.15) is 12.0 Å². The van der Waals surface area contributed by atoms with Crippen molar-refractivity contribution in [2.45, 2.75) is 6.92 Å². The minimum atomic E-state index is -0.352. The maximum atomic E-state index is 11.9. The third kappa shape index (κ3) is 3.01. The van der Waals surface area contributed by atoms with E-state index in [0.29, 0.717) is 11.4 Å². The molecule has 0 aliphatic rings. The molecule has 6 heteroatoms. The van der Waals surface area contributed by atoms with Crippen molar-refractivity contribution in [1.29, 1.82) is 0 Å². The lowest BCUT2D eigenvalue weighted by Gasteiger charge is -2.07. The number of rotatable bonds is 4. The highest BCUT2D eigenvalue weighted by molar-refractivity contribution is 5.94. The summed E-state index contributed by atoms with van der Waals surface area (Å²) >= 11 is 0. The fourth-order valence-electron chi connectivity index (χ4n) is 2.07. The van der Waals surface area contributed by atoms with Crippen LogP contribution in [-0.2, 0) is 4.79 Å². The molecule has 0 saturated heterocycles. The maximum Gasteiger partial charge on any atom is 0.262 e. The molecule has 22 heavy (non-hydrogen) atoms. The van der Waals surface area contributed by atoms with E-state index in [2.05, 4.69) is 10.3 Å². The molecule has 2 heterocycles. The Hall–Kier alpha value is -3.02. The summed E-state index contributed by atoms with van der Waals surface area (Å²) in [5, 5.41) is 3.71. The summed E-state index contributed by atoms with van der Waals surface area (Å²) in [4.78, 5) is 26.5. The van der Waals surface area contributed by atoms with Crippen LogP contribution in [0.2, 0.25) is 0 Å². The van der Waals surface area contributed by atoms with Crippen LogP contribution >= 0.6 is 0 Å². The van der Waals surface area contributed by atoms with Crippen molar-refractivity contribution in [3.8, 4) is 5.75 Å². The van der Waals surface area contributed by atoms with Crippen molar-refractivity contribution in [3.05, 3.63) is 58.8 Å².